The van der Waals surface area contributed by atoms with Gasteiger partial charge >= 0.3 is 0 Å². The van der Waals surface area contributed by atoms with Crippen LogP contribution in [0.4, 0.5) is 0 Å². The van der Waals surface area contributed by atoms with Crippen molar-refractivity contribution in [2.24, 2.45) is 5.92 Å². The monoisotopic (exact) mass is 313 g/mol. The second-order valence-electron chi connectivity index (χ2n) is 7.01. The molecule has 0 spiro atoms. The molecule has 0 radical (unpaired) electrons. The third kappa shape index (κ3) is 2.03. The molecule has 2 aliphatic rings. The Labute approximate surface area is 141 Å². The maximum absolute atomic E-state index is 13.1. The Morgan fingerprint density at radius 3 is 2.42 bits per heavy atom. The van der Waals surface area contributed by atoms with Crippen LogP contribution in [0.2, 0.25) is 0 Å². The van der Waals surface area contributed by atoms with E-state index in [4.69, 9.17) is 0 Å². The Morgan fingerprint density at radius 1 is 0.833 bits per heavy atom. The molecule has 1 saturated heterocycles. The summed E-state index contributed by atoms with van der Waals surface area (Å²) in [6.07, 6.45) is 0. The minimum Gasteiger partial charge on any atom is -0.298 e. The van der Waals surface area contributed by atoms with Crippen molar-refractivity contribution >= 4 is 16.6 Å². The van der Waals surface area contributed by atoms with Gasteiger partial charge in [0, 0.05) is 37.0 Å². The van der Waals surface area contributed by atoms with Gasteiger partial charge in [0.1, 0.15) is 0 Å². The van der Waals surface area contributed by atoms with Gasteiger partial charge in [0.05, 0.1) is 0 Å². The molecule has 0 bridgehead atoms. The van der Waals surface area contributed by atoms with Gasteiger partial charge in [-0.25, -0.2) is 0 Å². The highest BCUT2D eigenvalue weighted by Crippen LogP contribution is 2.44. The van der Waals surface area contributed by atoms with E-state index in [1.54, 1.807) is 0 Å². The smallest absolute Gasteiger partial charge is 0.168 e. The summed E-state index contributed by atoms with van der Waals surface area (Å²) in [5, 5.41) is 2.38. The van der Waals surface area contributed by atoms with Gasteiger partial charge in [-0.1, -0.05) is 66.7 Å². The van der Waals surface area contributed by atoms with Crippen molar-refractivity contribution in [3.63, 3.8) is 0 Å². The van der Waals surface area contributed by atoms with E-state index in [0.29, 0.717) is 11.7 Å². The van der Waals surface area contributed by atoms with Crippen LogP contribution in [0.15, 0.2) is 66.7 Å². The van der Waals surface area contributed by atoms with E-state index in [9.17, 15) is 4.79 Å². The average molecular weight is 313 g/mol. The second kappa shape index (κ2) is 5.29. The fraction of sp³-hybridized carbons (Fsp3) is 0.227. The number of fused-ring (bicyclic) bond motifs is 2. The number of benzene rings is 3. The fourth-order valence-electron chi connectivity index (χ4n) is 4.52. The molecule has 1 aliphatic heterocycles. The van der Waals surface area contributed by atoms with Gasteiger partial charge in [-0.3, -0.25) is 9.69 Å². The lowest BCUT2D eigenvalue weighted by atomic mass is 9.75. The summed E-state index contributed by atoms with van der Waals surface area (Å²) in [7, 11) is 0. The molecule has 24 heavy (non-hydrogen) atoms. The molecule has 1 fully saturated rings. The van der Waals surface area contributed by atoms with Crippen LogP contribution in [0, 0.1) is 5.92 Å². The zero-order valence-corrected chi connectivity index (χ0v) is 13.5. The number of hydrogen-bond acceptors (Lipinski definition) is 2. The zero-order valence-electron chi connectivity index (χ0n) is 13.5. The molecule has 0 aromatic heterocycles. The van der Waals surface area contributed by atoms with Gasteiger partial charge in [-0.2, -0.15) is 0 Å². The maximum Gasteiger partial charge on any atom is 0.168 e. The topological polar surface area (TPSA) is 20.3 Å². The molecule has 0 N–H and O–H groups in total. The summed E-state index contributed by atoms with van der Waals surface area (Å²) >= 11 is 0. The Balaban J connectivity index is 1.54. The van der Waals surface area contributed by atoms with Crippen molar-refractivity contribution in [3.05, 3.63) is 83.4 Å². The number of Topliss-reactive ketones (excluding diaryl/α,β-unsaturated/α-hetero) is 1. The fourth-order valence-corrected chi connectivity index (χ4v) is 4.52. The Bertz CT molecular complexity index is 926. The van der Waals surface area contributed by atoms with Crippen molar-refractivity contribution in [1.82, 2.24) is 4.90 Å². The van der Waals surface area contributed by atoms with Crippen LogP contribution in [0.1, 0.15) is 27.4 Å². The first-order valence-electron chi connectivity index (χ1n) is 8.63. The van der Waals surface area contributed by atoms with Crippen LogP contribution in [-0.4, -0.2) is 23.8 Å². The van der Waals surface area contributed by atoms with Crippen molar-refractivity contribution in [2.45, 2.75) is 12.5 Å². The summed E-state index contributed by atoms with van der Waals surface area (Å²) in [5.41, 5.74) is 3.61. The predicted octanol–water partition coefficient (Wildman–Crippen LogP) is 4.25. The van der Waals surface area contributed by atoms with Gasteiger partial charge in [-0.15, -0.1) is 0 Å². The first-order chi connectivity index (χ1) is 11.8. The molecule has 2 heteroatoms. The summed E-state index contributed by atoms with van der Waals surface area (Å²) < 4.78 is 0. The number of rotatable bonds is 2. The first-order valence-corrected chi connectivity index (χ1v) is 8.63. The minimum atomic E-state index is 0.106. The molecule has 0 amide bonds. The summed E-state index contributed by atoms with van der Waals surface area (Å²) in [6, 6.07) is 23.2. The standard InChI is InChI=1S/C22H19NO/c24-22-18-11-5-9-16-8-4-10-17(21(16)18)19-13-23(14-20(19)22)12-15-6-2-1-3-7-15/h1-11,19-20H,12-14H2. The largest absolute Gasteiger partial charge is 0.298 e. The molecule has 1 heterocycles. The molecular weight excluding hydrogens is 294 g/mol. The molecule has 0 saturated carbocycles. The normalized spacial score (nSPS) is 22.8. The van der Waals surface area contributed by atoms with E-state index < -0.39 is 0 Å². The molecule has 2 nitrogen and oxygen atoms in total. The van der Waals surface area contributed by atoms with Gasteiger partial charge in [0.25, 0.3) is 0 Å². The van der Waals surface area contributed by atoms with Crippen LogP contribution in [-0.2, 0) is 6.54 Å². The highest BCUT2D eigenvalue weighted by Gasteiger charge is 2.42. The molecule has 5 rings (SSSR count). The van der Waals surface area contributed by atoms with Crippen LogP contribution >= 0.6 is 0 Å². The SMILES string of the molecule is O=C1c2cccc3cccc(c23)C2CN(Cc3ccccc3)CC12. The number of hydrogen-bond donors (Lipinski definition) is 0. The van der Waals surface area contributed by atoms with E-state index in [2.05, 4.69) is 53.4 Å². The van der Waals surface area contributed by atoms with Crippen LogP contribution in [0.5, 0.6) is 0 Å². The summed E-state index contributed by atoms with van der Waals surface area (Å²) in [4.78, 5) is 15.5. The lowest BCUT2D eigenvalue weighted by Crippen LogP contribution is -2.26. The number of carbonyl (C=O) groups excluding carboxylic acids is 1. The minimum absolute atomic E-state index is 0.106. The Kier molecular flexibility index (Phi) is 3.07. The van der Waals surface area contributed by atoms with Crippen molar-refractivity contribution in [2.75, 3.05) is 13.1 Å². The van der Waals surface area contributed by atoms with Crippen LogP contribution < -0.4 is 0 Å². The number of ketones is 1. The van der Waals surface area contributed by atoms with E-state index in [1.807, 2.05) is 18.2 Å². The molecule has 3 aromatic carbocycles. The average Bonchev–Trinajstić information content (AvgIpc) is 3.04. The van der Waals surface area contributed by atoms with Crippen LogP contribution in [0.25, 0.3) is 10.8 Å². The molecule has 2 unspecified atom stereocenters. The van der Waals surface area contributed by atoms with Gasteiger partial charge in [-0.05, 0) is 21.9 Å². The molecule has 118 valence electrons. The van der Waals surface area contributed by atoms with Crippen molar-refractivity contribution in [1.29, 1.82) is 0 Å². The predicted molar refractivity (Wildman–Crippen MR) is 96.2 cm³/mol. The van der Waals surface area contributed by atoms with Gasteiger partial charge in [0.2, 0.25) is 0 Å². The number of likely N-dealkylation sites (tertiary alicyclic amines) is 1. The van der Waals surface area contributed by atoms with Crippen molar-refractivity contribution in [3.8, 4) is 0 Å². The molecule has 3 aromatic rings. The summed E-state index contributed by atoms with van der Waals surface area (Å²) in [5.74, 6) is 0.772. The lowest BCUT2D eigenvalue weighted by molar-refractivity contribution is 0.0911. The van der Waals surface area contributed by atoms with Gasteiger partial charge < -0.3 is 0 Å². The number of nitrogens with zero attached hydrogens (tertiary/aromatic N) is 1. The third-order valence-electron chi connectivity index (χ3n) is 5.58. The van der Waals surface area contributed by atoms with Crippen molar-refractivity contribution < 1.29 is 4.79 Å². The molecule has 1 aliphatic carbocycles. The molecule has 2 atom stereocenters. The Hall–Kier alpha value is -2.45. The second-order valence-corrected chi connectivity index (χ2v) is 7.01. The van der Waals surface area contributed by atoms with E-state index >= 15 is 0 Å². The molecular formula is C22H19NO. The highest BCUT2D eigenvalue weighted by atomic mass is 16.1. The quantitative estimate of drug-likeness (QED) is 0.705. The maximum atomic E-state index is 13.1. The van der Waals surface area contributed by atoms with E-state index in [1.165, 1.54) is 21.9 Å². The van der Waals surface area contributed by atoms with Gasteiger partial charge in [0.15, 0.2) is 5.78 Å². The Morgan fingerprint density at radius 2 is 1.58 bits per heavy atom. The number of carbonyl (C=O) groups is 1. The summed E-state index contributed by atoms with van der Waals surface area (Å²) in [6.45, 7) is 2.76. The first kappa shape index (κ1) is 13.9. The zero-order chi connectivity index (χ0) is 16.1. The lowest BCUT2D eigenvalue weighted by Gasteiger charge is -2.26. The van der Waals surface area contributed by atoms with Crippen LogP contribution in [0.3, 0.4) is 0 Å². The highest BCUT2D eigenvalue weighted by molar-refractivity contribution is 6.13. The van der Waals surface area contributed by atoms with E-state index in [0.717, 1.165) is 25.2 Å². The van der Waals surface area contributed by atoms with E-state index in [-0.39, 0.29) is 5.92 Å². The third-order valence-corrected chi connectivity index (χ3v) is 5.58.